The number of thioether (sulfide) groups is 1. The molecule has 8 fully saturated rings. The van der Waals surface area contributed by atoms with E-state index in [9.17, 15) is 15.3 Å². The zero-order valence-electron chi connectivity index (χ0n) is 31.0. The van der Waals surface area contributed by atoms with Crippen molar-refractivity contribution in [1.82, 2.24) is 19.9 Å². The van der Waals surface area contributed by atoms with Gasteiger partial charge >= 0.3 is 0 Å². The molecule has 4 saturated carbocycles. The van der Waals surface area contributed by atoms with Gasteiger partial charge in [0.15, 0.2) is 0 Å². The molecule has 16 atom stereocenters. The maximum Gasteiger partial charge on any atom is 0.135 e. The number of nitrogens with zero attached hydrogens (tertiary/aromatic N) is 4. The summed E-state index contributed by atoms with van der Waals surface area (Å²) in [5, 5.41) is 40.3. The fraction of sp³-hybridized carbons (Fsp3) is 0.900. The number of piperidine rings is 1. The molecule has 278 valence electrons. The fourth-order valence-electron chi connectivity index (χ4n) is 13.8. The molecule has 0 spiro atoms. The third kappa shape index (κ3) is 5.07. The van der Waals surface area contributed by atoms with Gasteiger partial charge in [0.25, 0.3) is 0 Å². The molecule has 5 aliphatic carbocycles. The lowest BCUT2D eigenvalue weighted by atomic mass is 9.47. The monoisotopic (exact) mass is 710 g/mol. The minimum Gasteiger partial charge on any atom is -0.387 e. The van der Waals surface area contributed by atoms with Gasteiger partial charge in [0.05, 0.1) is 17.9 Å². The van der Waals surface area contributed by atoms with Crippen molar-refractivity contribution in [2.45, 2.75) is 165 Å². The molecule has 2 bridgehead atoms. The van der Waals surface area contributed by atoms with Gasteiger partial charge in [-0.05, 0) is 117 Å². The topological polar surface area (TPSA) is 113 Å². The summed E-state index contributed by atoms with van der Waals surface area (Å²) in [5.74, 6) is 5.72. The van der Waals surface area contributed by atoms with Crippen LogP contribution < -0.4 is 0 Å². The van der Waals surface area contributed by atoms with Gasteiger partial charge in [-0.25, -0.2) is 0 Å². The van der Waals surface area contributed by atoms with Crippen molar-refractivity contribution >= 4 is 11.8 Å². The Morgan fingerprint density at radius 3 is 2.70 bits per heavy atom. The Bertz CT molecular complexity index is 1490. The van der Waals surface area contributed by atoms with Crippen molar-refractivity contribution < 1.29 is 24.8 Å². The van der Waals surface area contributed by atoms with Gasteiger partial charge in [-0.2, -0.15) is 0 Å². The summed E-state index contributed by atoms with van der Waals surface area (Å²) in [6.45, 7) is 15.0. The van der Waals surface area contributed by atoms with Crippen LogP contribution in [0, 0.1) is 46.3 Å². The van der Waals surface area contributed by atoms with Crippen LogP contribution in [0.3, 0.4) is 0 Å². The number of aliphatic hydroxyl groups excluding tert-OH is 1. The molecule has 10 rings (SSSR count). The highest BCUT2D eigenvalue weighted by atomic mass is 32.2. The van der Waals surface area contributed by atoms with Crippen LogP contribution in [0.5, 0.6) is 0 Å². The highest BCUT2D eigenvalue weighted by Crippen LogP contribution is 2.70. The average Bonchev–Trinajstić information content (AvgIpc) is 3.76. The molecule has 4 aliphatic heterocycles. The standard InChI is InChI=1S/C40H62N4O5S/c1-23-7-10-32-24(2)34-33(44(32)19-23)18-31-29-9-8-26-17-28(11-13-37(26,4)30(29)12-14-38(31,34)5)48-16-6-15-43-20-27(41-42-43)21-50-36-40(47)22-39(46,35(40)45)25(3)49-36/h8,20,23-25,28-36,45-47H,6-7,9-19,21-22H2,1-5H3/t23-,24+,25?,28-,29?,30?,31?,32?,33?,34?,35?,36-,37-,38-,39?,40+/m0/s1. The minimum absolute atomic E-state index is 0.129. The van der Waals surface area contributed by atoms with E-state index in [0.717, 1.165) is 79.3 Å². The van der Waals surface area contributed by atoms with E-state index in [1.807, 2.05) is 10.9 Å². The van der Waals surface area contributed by atoms with Crippen molar-refractivity contribution in [2.75, 3.05) is 13.2 Å². The summed E-state index contributed by atoms with van der Waals surface area (Å²) in [6.07, 6.45) is 16.3. The van der Waals surface area contributed by atoms with Crippen LogP contribution in [0.4, 0.5) is 0 Å². The Labute approximate surface area is 303 Å². The van der Waals surface area contributed by atoms with E-state index < -0.39 is 28.8 Å². The summed E-state index contributed by atoms with van der Waals surface area (Å²) < 4.78 is 14.2. The second-order valence-electron chi connectivity index (χ2n) is 19.0. The Kier molecular flexibility index (Phi) is 8.51. The number of aryl methyl sites for hydroxylation is 1. The molecule has 5 heterocycles. The molecule has 9 nitrogen and oxygen atoms in total. The first-order valence-corrected chi connectivity index (χ1v) is 21.3. The van der Waals surface area contributed by atoms with Crippen molar-refractivity contribution in [1.29, 1.82) is 0 Å². The first-order chi connectivity index (χ1) is 23.8. The minimum atomic E-state index is -1.42. The van der Waals surface area contributed by atoms with Gasteiger partial charge in [-0.3, -0.25) is 9.58 Å². The van der Waals surface area contributed by atoms with E-state index >= 15 is 0 Å². The molecule has 3 N–H and O–H groups in total. The Morgan fingerprint density at radius 2 is 1.88 bits per heavy atom. The number of ether oxygens (including phenoxy) is 2. The van der Waals surface area contributed by atoms with E-state index in [-0.39, 0.29) is 6.42 Å². The third-order valence-electron chi connectivity index (χ3n) is 16.5. The van der Waals surface area contributed by atoms with E-state index in [4.69, 9.17) is 9.47 Å². The Morgan fingerprint density at radius 1 is 1.04 bits per heavy atom. The molecular weight excluding hydrogens is 649 g/mol. The molecule has 0 aromatic carbocycles. The van der Waals surface area contributed by atoms with E-state index in [2.05, 4.69) is 49.0 Å². The maximum absolute atomic E-state index is 10.8. The second-order valence-corrected chi connectivity index (χ2v) is 20.0. The van der Waals surface area contributed by atoms with E-state index in [0.29, 0.717) is 22.7 Å². The van der Waals surface area contributed by atoms with Gasteiger partial charge < -0.3 is 24.8 Å². The molecule has 4 saturated heterocycles. The summed E-state index contributed by atoms with van der Waals surface area (Å²) in [6, 6.07) is 1.68. The van der Waals surface area contributed by atoms with Gasteiger partial charge in [0, 0.05) is 50.2 Å². The summed E-state index contributed by atoms with van der Waals surface area (Å²) in [4.78, 5) is 3.03. The van der Waals surface area contributed by atoms with E-state index in [1.54, 1.807) is 12.5 Å². The SMILES string of the molecule is CC1O[C@@H](SCc2cn(CCCO[C@H]3CC[C@@]4(C)C(=CCC5C6CC7C([C@H](C)C8CC[C@H](C)CN78)[C@@]6(C)CCC54)C3)nn2)[C@@]2(O)CC1(O)C2O. The molecule has 9 unspecified atom stereocenters. The van der Waals surface area contributed by atoms with Gasteiger partial charge in [0.1, 0.15) is 22.7 Å². The maximum atomic E-state index is 10.8. The Hall–Kier alpha value is -1.01. The van der Waals surface area contributed by atoms with Gasteiger partial charge in [-0.1, -0.05) is 44.6 Å². The van der Waals surface area contributed by atoms with Crippen LogP contribution in [-0.2, 0) is 21.8 Å². The predicted molar refractivity (Wildman–Crippen MR) is 193 cm³/mol. The number of allylic oxidation sites excluding steroid dienone is 1. The van der Waals surface area contributed by atoms with Crippen LogP contribution in [0.25, 0.3) is 0 Å². The molecule has 0 radical (unpaired) electrons. The molecule has 9 aliphatic rings. The number of hydrogen-bond donors (Lipinski definition) is 3. The highest BCUT2D eigenvalue weighted by Gasteiger charge is 2.72. The number of rotatable bonds is 8. The second kappa shape index (κ2) is 12.3. The summed E-state index contributed by atoms with van der Waals surface area (Å²) >= 11 is 1.40. The van der Waals surface area contributed by atoms with Crippen molar-refractivity contribution in [3.63, 3.8) is 0 Å². The fourth-order valence-corrected chi connectivity index (χ4v) is 15.0. The van der Waals surface area contributed by atoms with Crippen molar-refractivity contribution in [3.05, 3.63) is 23.5 Å². The average molecular weight is 711 g/mol. The lowest BCUT2D eigenvalue weighted by molar-refractivity contribution is -0.366. The molecular formula is C40H62N4O5S. The number of aromatic nitrogens is 3. The van der Waals surface area contributed by atoms with Gasteiger partial charge in [-0.15, -0.1) is 16.9 Å². The summed E-state index contributed by atoms with van der Waals surface area (Å²) in [7, 11) is 0. The number of fused-ring (bicyclic) bond motifs is 11. The van der Waals surface area contributed by atoms with Crippen LogP contribution in [0.1, 0.15) is 111 Å². The quantitative estimate of drug-likeness (QED) is 0.236. The number of hydrogen-bond acceptors (Lipinski definition) is 9. The summed E-state index contributed by atoms with van der Waals surface area (Å²) in [5.41, 5.74) is -0.00836. The van der Waals surface area contributed by atoms with Crippen molar-refractivity contribution in [3.8, 4) is 0 Å². The number of aliphatic hydroxyl groups is 3. The third-order valence-corrected chi connectivity index (χ3v) is 17.8. The molecule has 10 heteroatoms. The normalized spacial score (nSPS) is 52.3. The van der Waals surface area contributed by atoms with Crippen molar-refractivity contribution in [2.24, 2.45) is 46.3 Å². The molecule has 0 amide bonds. The lowest BCUT2D eigenvalue weighted by Gasteiger charge is -2.63. The zero-order chi connectivity index (χ0) is 34.8. The van der Waals surface area contributed by atoms with Crippen LogP contribution in [-0.4, -0.2) is 95.4 Å². The molecule has 1 aromatic heterocycles. The lowest BCUT2D eigenvalue weighted by Crippen LogP contribution is -2.82. The van der Waals surface area contributed by atoms with Gasteiger partial charge in [0.2, 0.25) is 0 Å². The first kappa shape index (κ1) is 34.7. The Balaban J connectivity index is 0.763. The first-order valence-electron chi connectivity index (χ1n) is 20.2. The molecule has 1 aromatic rings. The highest BCUT2D eigenvalue weighted by molar-refractivity contribution is 7.99. The zero-order valence-corrected chi connectivity index (χ0v) is 31.9. The predicted octanol–water partition coefficient (Wildman–Crippen LogP) is 5.57. The largest absolute Gasteiger partial charge is 0.387 e. The molecule has 50 heavy (non-hydrogen) atoms. The van der Waals surface area contributed by atoms with Crippen LogP contribution in [0.2, 0.25) is 0 Å². The van der Waals surface area contributed by atoms with E-state index in [1.165, 1.54) is 69.7 Å². The van der Waals surface area contributed by atoms with Crippen LogP contribution >= 0.6 is 11.8 Å². The smallest absolute Gasteiger partial charge is 0.135 e. The van der Waals surface area contributed by atoms with Crippen LogP contribution in [0.15, 0.2) is 17.8 Å².